The zero-order chi connectivity index (χ0) is 17.9. The van der Waals surface area contributed by atoms with Crippen molar-refractivity contribution in [2.24, 2.45) is 0 Å². The molecule has 0 fully saturated rings. The summed E-state index contributed by atoms with van der Waals surface area (Å²) in [6.07, 6.45) is -4.39. The standard InChI is InChI=1S/C19H14F3NOS/c20-19(21,22)14-7-4-8-15(11-14)25-12-18(24)23-17-10-3-6-13-5-1-2-9-16(13)17/h1-11H,12H2,(H,23,24). The van der Waals surface area contributed by atoms with Crippen LogP contribution in [-0.4, -0.2) is 11.7 Å². The summed E-state index contributed by atoms with van der Waals surface area (Å²) < 4.78 is 38.1. The van der Waals surface area contributed by atoms with E-state index in [9.17, 15) is 18.0 Å². The van der Waals surface area contributed by atoms with E-state index in [1.807, 2.05) is 36.4 Å². The van der Waals surface area contributed by atoms with Crippen LogP contribution in [0.25, 0.3) is 10.8 Å². The zero-order valence-electron chi connectivity index (χ0n) is 13.0. The summed E-state index contributed by atoms with van der Waals surface area (Å²) >= 11 is 1.07. The second-order valence-corrected chi connectivity index (χ2v) is 6.44. The topological polar surface area (TPSA) is 29.1 Å². The third-order valence-electron chi connectivity index (χ3n) is 3.60. The van der Waals surface area contributed by atoms with Crippen LogP contribution in [0.3, 0.4) is 0 Å². The summed E-state index contributed by atoms with van der Waals surface area (Å²) in [4.78, 5) is 12.6. The number of alkyl halides is 3. The van der Waals surface area contributed by atoms with Gasteiger partial charge in [-0.05, 0) is 29.7 Å². The summed E-state index contributed by atoms with van der Waals surface area (Å²) in [6, 6.07) is 18.2. The number of thioether (sulfide) groups is 1. The van der Waals surface area contributed by atoms with Crippen LogP contribution in [0.1, 0.15) is 5.56 Å². The molecule has 1 amide bonds. The molecule has 3 aromatic rings. The average Bonchev–Trinajstić information content (AvgIpc) is 2.60. The first-order valence-corrected chi connectivity index (χ1v) is 8.50. The van der Waals surface area contributed by atoms with Gasteiger partial charge in [-0.25, -0.2) is 0 Å². The molecule has 1 N–H and O–H groups in total. The van der Waals surface area contributed by atoms with E-state index in [1.165, 1.54) is 6.07 Å². The Labute approximate surface area is 147 Å². The fourth-order valence-electron chi connectivity index (χ4n) is 2.43. The highest BCUT2D eigenvalue weighted by Gasteiger charge is 2.30. The molecule has 0 bridgehead atoms. The molecule has 0 aliphatic carbocycles. The Morgan fingerprint density at radius 1 is 0.960 bits per heavy atom. The van der Waals surface area contributed by atoms with Crippen molar-refractivity contribution in [1.82, 2.24) is 0 Å². The van der Waals surface area contributed by atoms with Gasteiger partial charge in [0.2, 0.25) is 5.91 Å². The third-order valence-corrected chi connectivity index (χ3v) is 4.59. The maximum absolute atomic E-state index is 12.7. The van der Waals surface area contributed by atoms with E-state index in [2.05, 4.69) is 5.32 Å². The monoisotopic (exact) mass is 361 g/mol. The van der Waals surface area contributed by atoms with Crippen molar-refractivity contribution in [3.05, 3.63) is 72.3 Å². The van der Waals surface area contributed by atoms with Gasteiger partial charge in [0.05, 0.1) is 11.3 Å². The third kappa shape index (κ3) is 4.33. The second kappa shape index (κ2) is 7.19. The van der Waals surface area contributed by atoms with Crippen LogP contribution in [0.15, 0.2) is 71.6 Å². The van der Waals surface area contributed by atoms with Gasteiger partial charge in [0, 0.05) is 16.0 Å². The van der Waals surface area contributed by atoms with E-state index < -0.39 is 11.7 Å². The fraction of sp³-hybridized carbons (Fsp3) is 0.105. The Morgan fingerprint density at radius 3 is 2.48 bits per heavy atom. The quantitative estimate of drug-likeness (QED) is 0.614. The number of halogens is 3. The van der Waals surface area contributed by atoms with Crippen molar-refractivity contribution in [2.75, 3.05) is 11.1 Å². The number of hydrogen-bond donors (Lipinski definition) is 1. The molecule has 0 unspecified atom stereocenters. The molecule has 0 spiro atoms. The molecule has 6 heteroatoms. The zero-order valence-corrected chi connectivity index (χ0v) is 13.8. The van der Waals surface area contributed by atoms with E-state index in [1.54, 1.807) is 12.1 Å². The van der Waals surface area contributed by atoms with E-state index >= 15 is 0 Å². The Hall–Kier alpha value is -2.47. The molecule has 0 aromatic heterocycles. The average molecular weight is 361 g/mol. The number of carbonyl (C=O) groups is 1. The van der Waals surface area contributed by atoms with Crippen molar-refractivity contribution < 1.29 is 18.0 Å². The molecule has 0 atom stereocenters. The van der Waals surface area contributed by atoms with Gasteiger partial charge in [0.25, 0.3) is 0 Å². The Kier molecular flexibility index (Phi) is 4.99. The van der Waals surface area contributed by atoms with Gasteiger partial charge in [0.1, 0.15) is 0 Å². The first kappa shape index (κ1) is 17.4. The fourth-order valence-corrected chi connectivity index (χ4v) is 3.19. The van der Waals surface area contributed by atoms with E-state index in [0.29, 0.717) is 10.6 Å². The molecule has 0 aliphatic heterocycles. The minimum Gasteiger partial charge on any atom is -0.325 e. The van der Waals surface area contributed by atoms with Gasteiger partial charge in [-0.2, -0.15) is 13.2 Å². The summed E-state index contributed by atoms with van der Waals surface area (Å²) in [7, 11) is 0. The van der Waals surface area contributed by atoms with Crippen molar-refractivity contribution in [3.63, 3.8) is 0 Å². The second-order valence-electron chi connectivity index (χ2n) is 5.39. The van der Waals surface area contributed by atoms with Gasteiger partial charge in [-0.3, -0.25) is 4.79 Å². The van der Waals surface area contributed by atoms with Crippen LogP contribution < -0.4 is 5.32 Å². The number of hydrogen-bond acceptors (Lipinski definition) is 2. The summed E-state index contributed by atoms with van der Waals surface area (Å²) in [6.45, 7) is 0. The van der Waals surface area contributed by atoms with Crippen molar-refractivity contribution in [1.29, 1.82) is 0 Å². The van der Waals surface area contributed by atoms with Gasteiger partial charge >= 0.3 is 6.18 Å². The number of amides is 1. The van der Waals surface area contributed by atoms with E-state index in [-0.39, 0.29) is 11.7 Å². The molecule has 0 radical (unpaired) electrons. The van der Waals surface area contributed by atoms with Gasteiger partial charge in [0.15, 0.2) is 0 Å². The minimum atomic E-state index is -4.39. The number of fused-ring (bicyclic) bond motifs is 1. The van der Waals surface area contributed by atoms with Gasteiger partial charge in [-0.1, -0.05) is 42.5 Å². The molecule has 0 saturated carbocycles. The summed E-state index contributed by atoms with van der Waals surface area (Å²) in [5.74, 6) is -0.233. The number of rotatable bonds is 4. The number of anilines is 1. The first-order chi connectivity index (χ1) is 11.9. The lowest BCUT2D eigenvalue weighted by molar-refractivity contribution is -0.137. The van der Waals surface area contributed by atoms with Gasteiger partial charge in [-0.15, -0.1) is 11.8 Å². The largest absolute Gasteiger partial charge is 0.416 e. The molecule has 3 rings (SSSR count). The van der Waals surface area contributed by atoms with Crippen LogP contribution >= 0.6 is 11.8 Å². The SMILES string of the molecule is O=C(CSc1cccc(C(F)(F)F)c1)Nc1cccc2ccccc12. The summed E-state index contributed by atoms with van der Waals surface area (Å²) in [5.41, 5.74) is -0.0281. The first-order valence-electron chi connectivity index (χ1n) is 7.51. The lowest BCUT2D eigenvalue weighted by Crippen LogP contribution is -2.14. The van der Waals surface area contributed by atoms with Gasteiger partial charge < -0.3 is 5.32 Å². The molecular formula is C19H14F3NOS. The molecule has 3 aromatic carbocycles. The highest BCUT2D eigenvalue weighted by Crippen LogP contribution is 2.32. The van der Waals surface area contributed by atoms with Crippen molar-refractivity contribution in [3.8, 4) is 0 Å². The smallest absolute Gasteiger partial charge is 0.325 e. The maximum atomic E-state index is 12.7. The highest BCUT2D eigenvalue weighted by molar-refractivity contribution is 8.00. The molecule has 128 valence electrons. The van der Waals surface area contributed by atoms with Crippen LogP contribution in [-0.2, 0) is 11.0 Å². The number of nitrogens with one attached hydrogen (secondary N) is 1. The van der Waals surface area contributed by atoms with Crippen molar-refractivity contribution in [2.45, 2.75) is 11.1 Å². The molecule has 2 nitrogen and oxygen atoms in total. The van der Waals surface area contributed by atoms with E-state index in [0.717, 1.165) is 34.7 Å². The molecule has 0 heterocycles. The minimum absolute atomic E-state index is 0.0323. The molecular weight excluding hydrogens is 347 g/mol. The van der Waals surface area contributed by atoms with Crippen LogP contribution in [0.5, 0.6) is 0 Å². The van der Waals surface area contributed by atoms with Crippen LogP contribution in [0.2, 0.25) is 0 Å². The van der Waals surface area contributed by atoms with Crippen LogP contribution in [0, 0.1) is 0 Å². The molecule has 0 aliphatic rings. The molecule has 0 saturated heterocycles. The predicted octanol–water partition coefficient (Wildman–Crippen LogP) is 5.59. The molecule has 25 heavy (non-hydrogen) atoms. The lowest BCUT2D eigenvalue weighted by Gasteiger charge is -2.10. The Balaban J connectivity index is 1.67. The normalized spacial score (nSPS) is 11.5. The van der Waals surface area contributed by atoms with Crippen LogP contribution in [0.4, 0.5) is 18.9 Å². The number of benzene rings is 3. The Morgan fingerprint density at radius 2 is 1.68 bits per heavy atom. The predicted molar refractivity (Wildman–Crippen MR) is 94.7 cm³/mol. The van der Waals surface area contributed by atoms with E-state index in [4.69, 9.17) is 0 Å². The summed E-state index contributed by atoms with van der Waals surface area (Å²) in [5, 5.41) is 4.74. The Bertz CT molecular complexity index is 903. The number of carbonyl (C=O) groups excluding carboxylic acids is 1. The lowest BCUT2D eigenvalue weighted by atomic mass is 10.1. The maximum Gasteiger partial charge on any atom is 0.416 e. The van der Waals surface area contributed by atoms with Crippen molar-refractivity contribution >= 4 is 34.1 Å². The highest BCUT2D eigenvalue weighted by atomic mass is 32.2.